The summed E-state index contributed by atoms with van der Waals surface area (Å²) in [4.78, 5) is 22.5. The minimum Gasteiger partial charge on any atom is -0.480 e. The van der Waals surface area contributed by atoms with Crippen molar-refractivity contribution in [1.82, 2.24) is 5.32 Å². The van der Waals surface area contributed by atoms with Crippen molar-refractivity contribution in [1.29, 1.82) is 0 Å². The van der Waals surface area contributed by atoms with Crippen molar-refractivity contribution in [3.63, 3.8) is 0 Å². The number of carboxylic acid groups (broad SMARTS) is 1. The summed E-state index contributed by atoms with van der Waals surface area (Å²) in [5.41, 5.74) is 0.621. The summed E-state index contributed by atoms with van der Waals surface area (Å²) >= 11 is 0. The number of rotatable bonds is 5. The molecule has 0 saturated carbocycles. The van der Waals surface area contributed by atoms with E-state index < -0.39 is 27.8 Å². The standard InChI is InChI=1S/C14H15NO5S/c1-21(19,20)10-9-12(14(17)18)15-13(16)8-7-11-5-3-2-4-6-11/h2-6,12H,9-10H2,1H3,(H,15,16)(H,17,18). The second kappa shape index (κ2) is 7.45. The second-order valence-electron chi connectivity index (χ2n) is 4.40. The van der Waals surface area contributed by atoms with E-state index >= 15 is 0 Å². The minimum atomic E-state index is -3.29. The lowest BCUT2D eigenvalue weighted by atomic mass is 10.2. The largest absolute Gasteiger partial charge is 0.480 e. The maximum atomic E-state index is 11.6. The maximum absolute atomic E-state index is 11.6. The van der Waals surface area contributed by atoms with Crippen molar-refractivity contribution in [3.8, 4) is 11.8 Å². The summed E-state index contributed by atoms with van der Waals surface area (Å²) in [6.07, 6.45) is 0.801. The van der Waals surface area contributed by atoms with Gasteiger partial charge in [-0.2, -0.15) is 0 Å². The third kappa shape index (κ3) is 7.13. The van der Waals surface area contributed by atoms with Gasteiger partial charge in [0.25, 0.3) is 5.91 Å². The van der Waals surface area contributed by atoms with Crippen LogP contribution in [-0.2, 0) is 19.4 Å². The predicted octanol–water partition coefficient (Wildman–Crippen LogP) is 0.0422. The topological polar surface area (TPSA) is 101 Å². The Morgan fingerprint density at radius 2 is 1.90 bits per heavy atom. The van der Waals surface area contributed by atoms with Crippen molar-refractivity contribution >= 4 is 21.7 Å². The zero-order chi connectivity index (χ0) is 15.9. The first kappa shape index (κ1) is 16.7. The van der Waals surface area contributed by atoms with Gasteiger partial charge in [0, 0.05) is 17.7 Å². The number of carbonyl (C=O) groups excluding carboxylic acids is 1. The first-order valence-corrected chi connectivity index (χ1v) is 8.12. The van der Waals surface area contributed by atoms with E-state index in [0.717, 1.165) is 6.26 Å². The molecule has 0 saturated heterocycles. The fraction of sp³-hybridized carbons (Fsp3) is 0.286. The molecule has 0 heterocycles. The molecule has 0 fully saturated rings. The average Bonchev–Trinajstić information content (AvgIpc) is 2.41. The minimum absolute atomic E-state index is 0.201. The number of carboxylic acids is 1. The van der Waals surface area contributed by atoms with Crippen LogP contribution in [0.1, 0.15) is 12.0 Å². The van der Waals surface area contributed by atoms with Crippen LogP contribution in [0.25, 0.3) is 0 Å². The van der Waals surface area contributed by atoms with Gasteiger partial charge in [-0.1, -0.05) is 24.1 Å². The average molecular weight is 309 g/mol. The number of sulfone groups is 1. The van der Waals surface area contributed by atoms with E-state index in [0.29, 0.717) is 5.56 Å². The monoisotopic (exact) mass is 309 g/mol. The van der Waals surface area contributed by atoms with Crippen LogP contribution in [0.4, 0.5) is 0 Å². The van der Waals surface area contributed by atoms with E-state index in [-0.39, 0.29) is 12.2 Å². The molecule has 1 amide bonds. The van der Waals surface area contributed by atoms with Crippen LogP contribution in [0.15, 0.2) is 30.3 Å². The quantitative estimate of drug-likeness (QED) is 0.748. The number of nitrogens with one attached hydrogen (secondary N) is 1. The fourth-order valence-corrected chi connectivity index (χ4v) is 2.10. The van der Waals surface area contributed by atoms with Crippen LogP contribution < -0.4 is 5.32 Å². The molecule has 21 heavy (non-hydrogen) atoms. The van der Waals surface area contributed by atoms with E-state index in [1.165, 1.54) is 0 Å². The molecule has 0 aliphatic rings. The Balaban J connectivity index is 2.65. The van der Waals surface area contributed by atoms with E-state index in [4.69, 9.17) is 5.11 Å². The number of amides is 1. The molecular formula is C14H15NO5S. The van der Waals surface area contributed by atoms with Gasteiger partial charge in [0.05, 0.1) is 5.75 Å². The molecular weight excluding hydrogens is 294 g/mol. The van der Waals surface area contributed by atoms with Gasteiger partial charge >= 0.3 is 5.97 Å². The van der Waals surface area contributed by atoms with Gasteiger partial charge in [-0.25, -0.2) is 13.2 Å². The third-order valence-electron chi connectivity index (χ3n) is 2.47. The molecule has 2 N–H and O–H groups in total. The molecule has 0 aromatic heterocycles. The highest BCUT2D eigenvalue weighted by Crippen LogP contribution is 1.98. The fourth-order valence-electron chi connectivity index (χ4n) is 1.43. The SMILES string of the molecule is CS(=O)(=O)CCC(NC(=O)C#Cc1ccccc1)C(=O)O. The van der Waals surface area contributed by atoms with Gasteiger partial charge in [-0.15, -0.1) is 0 Å². The van der Waals surface area contributed by atoms with Crippen molar-refractivity contribution in [3.05, 3.63) is 35.9 Å². The van der Waals surface area contributed by atoms with E-state index in [9.17, 15) is 18.0 Å². The van der Waals surface area contributed by atoms with Gasteiger partial charge < -0.3 is 10.4 Å². The molecule has 7 heteroatoms. The normalized spacial score (nSPS) is 11.9. The molecule has 1 aromatic carbocycles. The summed E-state index contributed by atoms with van der Waals surface area (Å²) in [5, 5.41) is 11.1. The Morgan fingerprint density at radius 1 is 1.29 bits per heavy atom. The number of hydrogen-bond acceptors (Lipinski definition) is 4. The zero-order valence-electron chi connectivity index (χ0n) is 11.4. The second-order valence-corrected chi connectivity index (χ2v) is 6.66. The lowest BCUT2D eigenvalue weighted by molar-refractivity contribution is -0.141. The molecule has 1 atom stereocenters. The van der Waals surface area contributed by atoms with Gasteiger partial charge in [0.2, 0.25) is 0 Å². The molecule has 0 radical (unpaired) electrons. The Morgan fingerprint density at radius 3 is 2.43 bits per heavy atom. The molecule has 0 spiro atoms. The highest BCUT2D eigenvalue weighted by atomic mass is 32.2. The molecule has 0 aliphatic carbocycles. The van der Waals surface area contributed by atoms with Crippen molar-refractivity contribution in [2.24, 2.45) is 0 Å². The van der Waals surface area contributed by atoms with Crippen LogP contribution in [0.3, 0.4) is 0 Å². The molecule has 6 nitrogen and oxygen atoms in total. The van der Waals surface area contributed by atoms with Gasteiger partial charge in [-0.3, -0.25) is 4.79 Å². The summed E-state index contributed by atoms with van der Waals surface area (Å²) in [6.45, 7) is 0. The molecule has 1 unspecified atom stereocenters. The van der Waals surface area contributed by atoms with Gasteiger partial charge in [-0.05, 0) is 18.6 Å². The first-order chi connectivity index (χ1) is 9.78. The van der Waals surface area contributed by atoms with Crippen molar-refractivity contribution in [2.45, 2.75) is 12.5 Å². The van der Waals surface area contributed by atoms with Gasteiger partial charge in [0.1, 0.15) is 15.9 Å². The van der Waals surface area contributed by atoms with Crippen LogP contribution >= 0.6 is 0 Å². The number of hydrogen-bond donors (Lipinski definition) is 2. The predicted molar refractivity (Wildman–Crippen MR) is 77.2 cm³/mol. The molecule has 0 aliphatic heterocycles. The first-order valence-electron chi connectivity index (χ1n) is 6.06. The van der Waals surface area contributed by atoms with Crippen molar-refractivity contribution in [2.75, 3.05) is 12.0 Å². The summed E-state index contributed by atoms with van der Waals surface area (Å²) in [7, 11) is -3.29. The van der Waals surface area contributed by atoms with Crippen LogP contribution in [0, 0.1) is 11.8 Å². The highest BCUT2D eigenvalue weighted by molar-refractivity contribution is 7.90. The molecule has 112 valence electrons. The Labute approximate surface area is 123 Å². The number of benzene rings is 1. The van der Waals surface area contributed by atoms with Gasteiger partial charge in [0.15, 0.2) is 0 Å². The Bertz CT molecular complexity index is 670. The van der Waals surface area contributed by atoms with Crippen LogP contribution in [-0.4, -0.2) is 43.5 Å². The number of carbonyl (C=O) groups is 2. The maximum Gasteiger partial charge on any atom is 0.326 e. The molecule has 0 bridgehead atoms. The zero-order valence-corrected chi connectivity index (χ0v) is 12.2. The third-order valence-corrected chi connectivity index (χ3v) is 3.45. The lowest BCUT2D eigenvalue weighted by Gasteiger charge is -2.11. The van der Waals surface area contributed by atoms with E-state index in [1.807, 2.05) is 0 Å². The lowest BCUT2D eigenvalue weighted by Crippen LogP contribution is -2.41. The highest BCUT2D eigenvalue weighted by Gasteiger charge is 2.20. The van der Waals surface area contributed by atoms with E-state index in [2.05, 4.69) is 17.2 Å². The smallest absolute Gasteiger partial charge is 0.326 e. The Hall–Kier alpha value is -2.33. The van der Waals surface area contributed by atoms with Crippen molar-refractivity contribution < 1.29 is 23.1 Å². The Kier molecular flexibility index (Phi) is 5.93. The summed E-state index contributed by atoms with van der Waals surface area (Å²) < 4.78 is 22.0. The molecule has 1 aromatic rings. The molecule has 1 rings (SSSR count). The number of aliphatic carboxylic acids is 1. The van der Waals surface area contributed by atoms with Crippen LogP contribution in [0.2, 0.25) is 0 Å². The van der Waals surface area contributed by atoms with E-state index in [1.54, 1.807) is 30.3 Å². The summed E-state index contributed by atoms with van der Waals surface area (Å²) in [6, 6.07) is 7.45. The van der Waals surface area contributed by atoms with Crippen LogP contribution in [0.5, 0.6) is 0 Å². The summed E-state index contributed by atoms with van der Waals surface area (Å²) in [5.74, 6) is 2.47.